The standard InChI is InChI=1S/C17H20O10/c1-5-23-16(21)13-11(7-25-9(3)18)27-12(8-26-10(4)19)14(15(13)20)17(22)24-6-2/h5-8H2,1-4H3. The minimum atomic E-state index is -1.06. The van der Waals surface area contributed by atoms with Crippen molar-refractivity contribution in [3.05, 3.63) is 32.9 Å². The fourth-order valence-electron chi connectivity index (χ4n) is 1.99. The first-order valence-electron chi connectivity index (χ1n) is 8.02. The number of hydrogen-bond donors (Lipinski definition) is 0. The molecule has 1 heterocycles. The van der Waals surface area contributed by atoms with Crippen molar-refractivity contribution in [1.82, 2.24) is 0 Å². The van der Waals surface area contributed by atoms with Gasteiger partial charge in [0.25, 0.3) is 0 Å². The maximum absolute atomic E-state index is 12.8. The maximum Gasteiger partial charge on any atom is 0.345 e. The first-order valence-corrected chi connectivity index (χ1v) is 8.02. The van der Waals surface area contributed by atoms with Crippen molar-refractivity contribution in [2.45, 2.75) is 40.9 Å². The number of esters is 4. The fourth-order valence-corrected chi connectivity index (χ4v) is 1.99. The van der Waals surface area contributed by atoms with Gasteiger partial charge in [0.2, 0.25) is 5.43 Å². The van der Waals surface area contributed by atoms with Crippen LogP contribution in [-0.4, -0.2) is 37.1 Å². The Morgan fingerprint density at radius 2 is 1.11 bits per heavy atom. The Labute approximate surface area is 154 Å². The predicted molar refractivity (Wildman–Crippen MR) is 87.8 cm³/mol. The lowest BCUT2D eigenvalue weighted by molar-refractivity contribution is -0.142. The van der Waals surface area contributed by atoms with E-state index in [-0.39, 0.29) is 24.7 Å². The van der Waals surface area contributed by atoms with Gasteiger partial charge in [0.15, 0.2) is 11.5 Å². The first kappa shape index (κ1) is 21.9. The summed E-state index contributed by atoms with van der Waals surface area (Å²) >= 11 is 0. The molecule has 0 aliphatic heterocycles. The zero-order valence-electron chi connectivity index (χ0n) is 15.4. The third-order valence-electron chi connectivity index (χ3n) is 3.03. The zero-order valence-corrected chi connectivity index (χ0v) is 15.4. The van der Waals surface area contributed by atoms with Crippen molar-refractivity contribution in [2.75, 3.05) is 13.2 Å². The molecule has 1 aromatic rings. The van der Waals surface area contributed by atoms with E-state index in [1.54, 1.807) is 0 Å². The summed E-state index contributed by atoms with van der Waals surface area (Å²) in [6.07, 6.45) is 0. The summed E-state index contributed by atoms with van der Waals surface area (Å²) in [4.78, 5) is 59.3. The lowest BCUT2D eigenvalue weighted by atomic mass is 10.1. The Hall–Kier alpha value is -3.17. The Balaban J connectivity index is 3.62. The van der Waals surface area contributed by atoms with Gasteiger partial charge in [-0.05, 0) is 13.8 Å². The van der Waals surface area contributed by atoms with Crippen molar-refractivity contribution < 1.29 is 42.5 Å². The van der Waals surface area contributed by atoms with E-state index in [9.17, 15) is 24.0 Å². The fraction of sp³-hybridized carbons (Fsp3) is 0.471. The van der Waals surface area contributed by atoms with E-state index in [1.165, 1.54) is 13.8 Å². The van der Waals surface area contributed by atoms with Gasteiger partial charge in [-0.15, -0.1) is 0 Å². The summed E-state index contributed by atoms with van der Waals surface area (Å²) in [5, 5.41) is 0. The molecule has 0 aliphatic carbocycles. The smallest absolute Gasteiger partial charge is 0.345 e. The third kappa shape index (κ3) is 5.94. The Kier molecular flexibility index (Phi) is 8.18. The third-order valence-corrected chi connectivity index (χ3v) is 3.03. The monoisotopic (exact) mass is 384 g/mol. The largest absolute Gasteiger partial charge is 0.462 e. The highest BCUT2D eigenvalue weighted by molar-refractivity contribution is 5.96. The minimum Gasteiger partial charge on any atom is -0.462 e. The van der Waals surface area contributed by atoms with Crippen LogP contribution in [0, 0.1) is 0 Å². The molecule has 10 heteroatoms. The summed E-state index contributed by atoms with van der Waals surface area (Å²) < 4.78 is 24.6. The second-order valence-electron chi connectivity index (χ2n) is 5.03. The molecule has 10 nitrogen and oxygen atoms in total. The Morgan fingerprint density at radius 1 is 0.741 bits per heavy atom. The van der Waals surface area contributed by atoms with Crippen LogP contribution in [0.25, 0.3) is 0 Å². The van der Waals surface area contributed by atoms with Crippen LogP contribution in [0.5, 0.6) is 0 Å². The number of carbonyl (C=O) groups excluding carboxylic acids is 4. The van der Waals surface area contributed by atoms with Gasteiger partial charge < -0.3 is 23.4 Å². The molecule has 0 fully saturated rings. The molecule has 0 spiro atoms. The molecule has 0 aromatic carbocycles. The van der Waals surface area contributed by atoms with Crippen LogP contribution in [0.4, 0.5) is 0 Å². The molecule has 27 heavy (non-hydrogen) atoms. The summed E-state index contributed by atoms with van der Waals surface area (Å²) in [5.41, 5.74) is -2.25. The van der Waals surface area contributed by atoms with Gasteiger partial charge in [0.05, 0.1) is 13.2 Å². The normalized spacial score (nSPS) is 10.1. The molecule has 0 radical (unpaired) electrons. The lowest BCUT2D eigenvalue weighted by Gasteiger charge is -2.13. The lowest BCUT2D eigenvalue weighted by Crippen LogP contribution is -2.29. The summed E-state index contributed by atoms with van der Waals surface area (Å²) in [5.74, 6) is -4.18. The maximum atomic E-state index is 12.8. The number of hydrogen-bond acceptors (Lipinski definition) is 10. The van der Waals surface area contributed by atoms with Crippen molar-refractivity contribution in [2.24, 2.45) is 0 Å². The second kappa shape index (κ2) is 10.1. The van der Waals surface area contributed by atoms with Gasteiger partial charge in [0, 0.05) is 13.8 Å². The van der Waals surface area contributed by atoms with E-state index in [4.69, 9.17) is 23.4 Å². The topological polar surface area (TPSA) is 135 Å². The predicted octanol–water partition coefficient (Wildman–Crippen LogP) is 1.12. The Morgan fingerprint density at radius 3 is 1.41 bits per heavy atom. The van der Waals surface area contributed by atoms with E-state index >= 15 is 0 Å². The van der Waals surface area contributed by atoms with Gasteiger partial charge in [-0.1, -0.05) is 0 Å². The minimum absolute atomic E-state index is 0.0464. The van der Waals surface area contributed by atoms with E-state index in [0.717, 1.165) is 13.8 Å². The van der Waals surface area contributed by atoms with Crippen LogP contribution in [0.15, 0.2) is 9.21 Å². The molecular weight excluding hydrogens is 364 g/mol. The Bertz CT molecular complexity index is 728. The van der Waals surface area contributed by atoms with E-state index in [2.05, 4.69) is 0 Å². The molecular formula is C17H20O10. The molecule has 0 unspecified atom stereocenters. The molecule has 0 saturated carbocycles. The number of rotatable bonds is 8. The second-order valence-corrected chi connectivity index (χ2v) is 5.03. The van der Waals surface area contributed by atoms with E-state index < -0.39 is 53.6 Å². The molecule has 0 bridgehead atoms. The number of carbonyl (C=O) groups is 4. The average Bonchev–Trinajstić information content (AvgIpc) is 2.57. The molecule has 0 aliphatic rings. The highest BCUT2D eigenvalue weighted by Gasteiger charge is 2.30. The van der Waals surface area contributed by atoms with Crippen LogP contribution in [0.1, 0.15) is 59.9 Å². The van der Waals surface area contributed by atoms with Crippen molar-refractivity contribution in [3.8, 4) is 0 Å². The van der Waals surface area contributed by atoms with Gasteiger partial charge >= 0.3 is 23.9 Å². The number of ether oxygens (including phenoxy) is 4. The van der Waals surface area contributed by atoms with Gasteiger partial charge in [0.1, 0.15) is 24.3 Å². The van der Waals surface area contributed by atoms with E-state index in [0.29, 0.717) is 0 Å². The average molecular weight is 384 g/mol. The summed E-state index contributed by atoms with van der Waals surface area (Å²) in [6, 6.07) is 0. The van der Waals surface area contributed by atoms with Crippen LogP contribution in [-0.2, 0) is 41.8 Å². The molecule has 1 aromatic heterocycles. The van der Waals surface area contributed by atoms with Crippen molar-refractivity contribution in [1.29, 1.82) is 0 Å². The molecule has 0 atom stereocenters. The van der Waals surface area contributed by atoms with Gasteiger partial charge in [-0.25, -0.2) is 9.59 Å². The van der Waals surface area contributed by atoms with Crippen LogP contribution in [0.2, 0.25) is 0 Å². The highest BCUT2D eigenvalue weighted by Crippen LogP contribution is 2.17. The SMILES string of the molecule is CCOC(=O)c1c(COC(C)=O)oc(COC(C)=O)c(C(=O)OCC)c1=O. The zero-order chi connectivity index (χ0) is 20.6. The van der Waals surface area contributed by atoms with Gasteiger partial charge in [-0.3, -0.25) is 14.4 Å². The molecule has 0 amide bonds. The summed E-state index contributed by atoms with van der Waals surface area (Å²) in [7, 11) is 0. The first-order chi connectivity index (χ1) is 12.7. The molecule has 0 N–H and O–H groups in total. The molecule has 1 rings (SSSR count). The van der Waals surface area contributed by atoms with Crippen molar-refractivity contribution >= 4 is 23.9 Å². The van der Waals surface area contributed by atoms with E-state index in [1.807, 2.05) is 0 Å². The molecule has 0 saturated heterocycles. The van der Waals surface area contributed by atoms with Crippen LogP contribution in [0.3, 0.4) is 0 Å². The van der Waals surface area contributed by atoms with Crippen LogP contribution >= 0.6 is 0 Å². The van der Waals surface area contributed by atoms with Gasteiger partial charge in [-0.2, -0.15) is 0 Å². The quantitative estimate of drug-likeness (QED) is 0.474. The molecule has 148 valence electrons. The van der Waals surface area contributed by atoms with Crippen molar-refractivity contribution in [3.63, 3.8) is 0 Å². The van der Waals surface area contributed by atoms with Crippen LogP contribution < -0.4 is 5.43 Å². The summed E-state index contributed by atoms with van der Waals surface area (Å²) in [6.45, 7) is 4.07. The highest BCUT2D eigenvalue weighted by atomic mass is 16.6.